The third kappa shape index (κ3) is 2.03. The summed E-state index contributed by atoms with van der Waals surface area (Å²) >= 11 is 0. The van der Waals surface area contributed by atoms with Gasteiger partial charge in [-0.3, -0.25) is 4.57 Å². The van der Waals surface area contributed by atoms with Gasteiger partial charge in [0.05, 0.1) is 18.2 Å². The Labute approximate surface area is 96.3 Å². The minimum Gasteiger partial charge on any atom is -0.389 e. The van der Waals surface area contributed by atoms with Crippen LogP contribution < -0.4 is 16.9 Å². The smallest absolute Gasteiger partial charge is 0.349 e. The average Bonchev–Trinajstić information content (AvgIpc) is 2.57. The van der Waals surface area contributed by atoms with E-state index in [0.717, 1.165) is 0 Å². The summed E-state index contributed by atoms with van der Waals surface area (Å²) in [5, 5.41) is 28.2. The number of nitrogen functional groups attached to an aromatic ring is 1. The molecule has 2 rings (SSSR count). The Morgan fingerprint density at radius 3 is 2.71 bits per heavy atom. The fourth-order valence-corrected chi connectivity index (χ4v) is 2.09. The van der Waals surface area contributed by atoms with Crippen molar-refractivity contribution in [3.05, 3.63) is 22.7 Å². The predicted molar refractivity (Wildman–Crippen MR) is 57.3 cm³/mol. The van der Waals surface area contributed by atoms with Crippen LogP contribution in [0.1, 0.15) is 12.5 Å². The van der Waals surface area contributed by atoms with E-state index in [1.54, 1.807) is 0 Å². The first kappa shape index (κ1) is 12.0. The van der Waals surface area contributed by atoms with Crippen LogP contribution in [0.3, 0.4) is 0 Å². The molecule has 0 bridgehead atoms. The van der Waals surface area contributed by atoms with E-state index in [0.29, 0.717) is 0 Å². The lowest BCUT2D eigenvalue weighted by molar-refractivity contribution is -0.00982. The second-order valence-corrected chi connectivity index (χ2v) is 4.06. The van der Waals surface area contributed by atoms with Gasteiger partial charge in [0.15, 0.2) is 0 Å². The lowest BCUT2D eigenvalue weighted by atomic mass is 10.2. The molecule has 0 unspecified atom stereocenters. The second-order valence-electron chi connectivity index (χ2n) is 4.06. The predicted octanol–water partition coefficient (Wildman–Crippen LogP) is -2.16. The Hall–Kier alpha value is -1.48. The SMILES string of the molecule is Nc1ccn([C@@H]2C[C@H](NO)[C@@H](O)[C@H]2O)c(=O)n1. The van der Waals surface area contributed by atoms with Crippen molar-refractivity contribution in [2.45, 2.75) is 30.7 Å². The molecule has 1 fully saturated rings. The molecule has 1 aromatic heterocycles. The van der Waals surface area contributed by atoms with Crippen molar-refractivity contribution in [2.24, 2.45) is 0 Å². The van der Waals surface area contributed by atoms with Crippen molar-refractivity contribution in [2.75, 3.05) is 5.73 Å². The van der Waals surface area contributed by atoms with Crippen molar-refractivity contribution >= 4 is 5.82 Å². The topological polar surface area (TPSA) is 134 Å². The normalized spacial score (nSPS) is 32.9. The maximum absolute atomic E-state index is 11.6. The largest absolute Gasteiger partial charge is 0.389 e. The van der Waals surface area contributed by atoms with Gasteiger partial charge in [-0.25, -0.2) is 4.79 Å². The van der Waals surface area contributed by atoms with Crippen molar-refractivity contribution in [3.8, 4) is 0 Å². The van der Waals surface area contributed by atoms with Crippen LogP contribution in [0.25, 0.3) is 0 Å². The lowest BCUT2D eigenvalue weighted by Gasteiger charge is -2.18. The molecule has 0 radical (unpaired) electrons. The molecular weight excluding hydrogens is 228 g/mol. The number of rotatable bonds is 2. The van der Waals surface area contributed by atoms with E-state index < -0.39 is 30.0 Å². The van der Waals surface area contributed by atoms with Crippen LogP contribution in [0.15, 0.2) is 17.1 Å². The van der Waals surface area contributed by atoms with Crippen LogP contribution in [0, 0.1) is 0 Å². The highest BCUT2D eigenvalue weighted by Crippen LogP contribution is 2.29. The molecule has 1 saturated carbocycles. The van der Waals surface area contributed by atoms with Gasteiger partial charge >= 0.3 is 5.69 Å². The van der Waals surface area contributed by atoms with E-state index in [2.05, 4.69) is 4.98 Å². The van der Waals surface area contributed by atoms with E-state index in [1.807, 2.05) is 5.48 Å². The fraction of sp³-hybridized carbons (Fsp3) is 0.556. The molecule has 1 aromatic rings. The Morgan fingerprint density at radius 2 is 2.18 bits per heavy atom. The highest BCUT2D eigenvalue weighted by Gasteiger charge is 2.42. The van der Waals surface area contributed by atoms with Crippen molar-refractivity contribution < 1.29 is 15.4 Å². The van der Waals surface area contributed by atoms with Gasteiger partial charge in [-0.2, -0.15) is 10.5 Å². The Morgan fingerprint density at radius 1 is 1.47 bits per heavy atom. The van der Waals surface area contributed by atoms with Gasteiger partial charge in [0, 0.05) is 6.20 Å². The molecule has 8 nitrogen and oxygen atoms in total. The Kier molecular flexibility index (Phi) is 3.11. The van der Waals surface area contributed by atoms with Crippen LogP contribution >= 0.6 is 0 Å². The van der Waals surface area contributed by atoms with Gasteiger partial charge in [0.2, 0.25) is 0 Å². The maximum atomic E-state index is 11.6. The summed E-state index contributed by atoms with van der Waals surface area (Å²) in [6.45, 7) is 0. The van der Waals surface area contributed by atoms with Gasteiger partial charge in [-0.05, 0) is 12.5 Å². The summed E-state index contributed by atoms with van der Waals surface area (Å²) in [6.07, 6.45) is -0.674. The van der Waals surface area contributed by atoms with Crippen LogP contribution in [-0.2, 0) is 0 Å². The number of nitrogens with one attached hydrogen (secondary N) is 1. The molecule has 94 valence electrons. The average molecular weight is 242 g/mol. The van der Waals surface area contributed by atoms with E-state index in [4.69, 9.17) is 10.9 Å². The van der Waals surface area contributed by atoms with Crippen molar-refractivity contribution in [1.82, 2.24) is 15.0 Å². The van der Waals surface area contributed by atoms with Crippen LogP contribution in [0.2, 0.25) is 0 Å². The summed E-state index contributed by atoms with van der Waals surface area (Å²) in [6, 6.07) is 0.106. The fourth-order valence-electron chi connectivity index (χ4n) is 2.09. The molecule has 17 heavy (non-hydrogen) atoms. The van der Waals surface area contributed by atoms with Crippen LogP contribution in [0.5, 0.6) is 0 Å². The summed E-state index contributed by atoms with van der Waals surface area (Å²) in [4.78, 5) is 15.1. The molecule has 0 spiro atoms. The molecule has 0 aliphatic heterocycles. The number of aliphatic hydroxyl groups excluding tert-OH is 2. The standard InChI is InChI=1S/C9H14N4O4/c10-6-1-2-13(9(16)11-6)5-3-4(12-17)7(14)8(5)15/h1-2,4-5,7-8,12,14-15,17H,3H2,(H2,10,11,16)/t4-,5+,7+,8-/m0/s1. The Balaban J connectivity index is 2.32. The van der Waals surface area contributed by atoms with Gasteiger partial charge in [0.25, 0.3) is 0 Å². The zero-order valence-corrected chi connectivity index (χ0v) is 8.89. The zero-order chi connectivity index (χ0) is 12.6. The summed E-state index contributed by atoms with van der Waals surface area (Å²) in [5.74, 6) is 0.0936. The number of aromatic nitrogens is 2. The van der Waals surface area contributed by atoms with E-state index in [9.17, 15) is 15.0 Å². The summed E-state index contributed by atoms with van der Waals surface area (Å²) in [5.41, 5.74) is 6.66. The first-order valence-corrected chi connectivity index (χ1v) is 5.15. The number of anilines is 1. The lowest BCUT2D eigenvalue weighted by Crippen LogP contribution is -2.39. The molecule has 0 amide bonds. The number of hydrogen-bond donors (Lipinski definition) is 5. The third-order valence-electron chi connectivity index (χ3n) is 3.03. The van der Waals surface area contributed by atoms with E-state index in [1.165, 1.54) is 16.8 Å². The minimum absolute atomic E-state index is 0.0936. The molecular formula is C9H14N4O4. The van der Waals surface area contributed by atoms with Gasteiger partial charge in [0.1, 0.15) is 11.9 Å². The van der Waals surface area contributed by atoms with Crippen molar-refractivity contribution in [1.29, 1.82) is 0 Å². The Bertz CT molecular complexity index is 463. The quantitative estimate of drug-likeness (QED) is 0.373. The first-order valence-electron chi connectivity index (χ1n) is 5.15. The van der Waals surface area contributed by atoms with Crippen molar-refractivity contribution in [3.63, 3.8) is 0 Å². The van der Waals surface area contributed by atoms with Crippen LogP contribution in [-0.4, -0.2) is 43.2 Å². The number of nitrogens with zero attached hydrogens (tertiary/aromatic N) is 2. The van der Waals surface area contributed by atoms with E-state index >= 15 is 0 Å². The highest BCUT2D eigenvalue weighted by molar-refractivity contribution is 5.23. The molecule has 1 aliphatic rings. The maximum Gasteiger partial charge on any atom is 0.349 e. The summed E-state index contributed by atoms with van der Waals surface area (Å²) < 4.78 is 1.20. The highest BCUT2D eigenvalue weighted by atomic mass is 16.5. The van der Waals surface area contributed by atoms with Gasteiger partial charge < -0.3 is 21.2 Å². The molecule has 0 saturated heterocycles. The van der Waals surface area contributed by atoms with Crippen LogP contribution in [0.4, 0.5) is 5.82 Å². The molecule has 8 heteroatoms. The number of aliphatic hydroxyl groups is 2. The van der Waals surface area contributed by atoms with Gasteiger partial charge in [-0.1, -0.05) is 0 Å². The molecule has 6 N–H and O–H groups in total. The third-order valence-corrected chi connectivity index (χ3v) is 3.03. The minimum atomic E-state index is -1.15. The van der Waals surface area contributed by atoms with E-state index in [-0.39, 0.29) is 12.2 Å². The number of nitrogens with two attached hydrogens (primary N) is 1. The zero-order valence-electron chi connectivity index (χ0n) is 8.89. The number of hydroxylamine groups is 1. The monoisotopic (exact) mass is 242 g/mol. The molecule has 4 atom stereocenters. The number of hydrogen-bond acceptors (Lipinski definition) is 7. The first-order chi connectivity index (χ1) is 8.04. The molecule has 1 heterocycles. The summed E-state index contributed by atoms with van der Waals surface area (Å²) in [7, 11) is 0. The molecule has 1 aliphatic carbocycles. The molecule has 0 aromatic carbocycles. The second kappa shape index (κ2) is 4.41. The van der Waals surface area contributed by atoms with Gasteiger partial charge in [-0.15, -0.1) is 0 Å².